The van der Waals surface area contributed by atoms with Gasteiger partial charge < -0.3 is 5.11 Å². The highest BCUT2D eigenvalue weighted by Crippen LogP contribution is 2.50. The number of carboxylic acids is 1. The van der Waals surface area contributed by atoms with Gasteiger partial charge in [-0.15, -0.1) is 0 Å². The molecular weight excluding hydrogens is 380 g/mol. The van der Waals surface area contributed by atoms with E-state index in [2.05, 4.69) is 5.32 Å². The number of carbonyl (C=O) groups is 3. The molecule has 30 heavy (non-hydrogen) atoms. The first-order valence-electron chi connectivity index (χ1n) is 10.2. The van der Waals surface area contributed by atoms with Gasteiger partial charge in [-0.1, -0.05) is 68.4 Å². The molecule has 2 amide bonds. The van der Waals surface area contributed by atoms with E-state index >= 15 is 0 Å². The summed E-state index contributed by atoms with van der Waals surface area (Å²) in [7, 11) is 1.44. The summed E-state index contributed by atoms with van der Waals surface area (Å²) in [5.41, 5.74) is 1.46. The van der Waals surface area contributed by atoms with Crippen molar-refractivity contribution >= 4 is 17.8 Å². The summed E-state index contributed by atoms with van der Waals surface area (Å²) >= 11 is 0. The molecule has 4 unspecified atom stereocenters. The molecule has 0 radical (unpaired) electrons. The van der Waals surface area contributed by atoms with Crippen LogP contribution in [0.15, 0.2) is 54.6 Å². The normalized spacial score (nSPS) is 28.3. The molecule has 0 saturated carbocycles. The summed E-state index contributed by atoms with van der Waals surface area (Å²) in [6.45, 7) is 3.85. The average molecular weight is 406 g/mol. The Bertz CT molecular complexity index is 986. The third-order valence-electron chi connectivity index (χ3n) is 6.36. The summed E-state index contributed by atoms with van der Waals surface area (Å²) in [6.07, 6.45) is 0.273. The molecule has 0 bridgehead atoms. The lowest BCUT2D eigenvalue weighted by Crippen LogP contribution is -2.56. The number of likely N-dealkylation sites (tertiary alicyclic amines) is 1. The fourth-order valence-corrected chi connectivity index (χ4v) is 5.06. The van der Waals surface area contributed by atoms with Gasteiger partial charge in [-0.25, -0.2) is 0 Å². The number of carboxylic acid groups (broad SMARTS) is 1. The lowest BCUT2D eigenvalue weighted by atomic mass is 9.75. The summed E-state index contributed by atoms with van der Waals surface area (Å²) < 4.78 is 0. The zero-order valence-electron chi connectivity index (χ0n) is 17.3. The second kappa shape index (κ2) is 7.36. The smallest absolute Gasteiger partial charge is 0.324 e. The summed E-state index contributed by atoms with van der Waals surface area (Å²) in [5, 5.41) is 13.4. The SMILES string of the molecule is CC(C)CC1(C(=O)O)NC(c2ccc(-c3ccccc3)cc2)C2C(=O)N(C)C(=O)C21. The topological polar surface area (TPSA) is 86.7 Å². The standard InChI is InChI=1S/C24H26N2O4/c1-14(2)13-24(23(29)30)19-18(21(27)26(3)22(19)28)20(25-24)17-11-9-16(10-12-17)15-7-5-4-6-8-15/h4-12,14,18-20,25H,13H2,1-3H3,(H,29,30). The molecular formula is C24H26N2O4. The number of hydrogen-bond donors (Lipinski definition) is 2. The molecule has 4 atom stereocenters. The van der Waals surface area contributed by atoms with Crippen LogP contribution in [0.3, 0.4) is 0 Å². The molecule has 2 fully saturated rings. The summed E-state index contributed by atoms with van der Waals surface area (Å²) in [5.74, 6) is -3.40. The molecule has 6 heteroatoms. The summed E-state index contributed by atoms with van der Waals surface area (Å²) in [4.78, 5) is 39.4. The first kappa shape index (κ1) is 20.3. The number of hydrogen-bond acceptors (Lipinski definition) is 4. The first-order valence-corrected chi connectivity index (χ1v) is 10.2. The maximum Gasteiger partial charge on any atom is 0.324 e. The van der Waals surface area contributed by atoms with Crippen molar-refractivity contribution in [3.63, 3.8) is 0 Å². The van der Waals surface area contributed by atoms with E-state index in [9.17, 15) is 19.5 Å². The molecule has 0 spiro atoms. The highest BCUT2D eigenvalue weighted by Gasteiger charge is 2.67. The van der Waals surface area contributed by atoms with E-state index < -0.39 is 35.3 Å². The Morgan fingerprint density at radius 1 is 1.03 bits per heavy atom. The number of nitrogens with one attached hydrogen (secondary N) is 1. The minimum atomic E-state index is -1.46. The van der Waals surface area contributed by atoms with Crippen LogP contribution in [0.1, 0.15) is 31.9 Å². The molecule has 4 rings (SSSR count). The van der Waals surface area contributed by atoms with Crippen LogP contribution in [-0.2, 0) is 14.4 Å². The van der Waals surface area contributed by atoms with Crippen molar-refractivity contribution < 1.29 is 19.5 Å². The van der Waals surface area contributed by atoms with Crippen molar-refractivity contribution in [3.8, 4) is 11.1 Å². The maximum absolute atomic E-state index is 12.9. The van der Waals surface area contributed by atoms with E-state index in [4.69, 9.17) is 0 Å². The van der Waals surface area contributed by atoms with Crippen LogP contribution in [0.4, 0.5) is 0 Å². The minimum Gasteiger partial charge on any atom is -0.480 e. The predicted octanol–water partition coefficient (Wildman–Crippen LogP) is 3.10. The van der Waals surface area contributed by atoms with Crippen LogP contribution in [-0.4, -0.2) is 40.4 Å². The molecule has 2 N–H and O–H groups in total. The monoisotopic (exact) mass is 406 g/mol. The Labute approximate surface area is 175 Å². The fourth-order valence-electron chi connectivity index (χ4n) is 5.06. The first-order chi connectivity index (χ1) is 14.3. The number of benzene rings is 2. The quantitative estimate of drug-likeness (QED) is 0.745. The van der Waals surface area contributed by atoms with E-state index in [-0.39, 0.29) is 18.2 Å². The molecule has 2 saturated heterocycles. The fraction of sp³-hybridized carbons (Fsp3) is 0.375. The molecule has 0 aliphatic carbocycles. The van der Waals surface area contributed by atoms with E-state index in [0.29, 0.717) is 0 Å². The number of amides is 2. The van der Waals surface area contributed by atoms with Gasteiger partial charge in [0.1, 0.15) is 5.54 Å². The minimum absolute atomic E-state index is 0.0438. The lowest BCUT2D eigenvalue weighted by molar-refractivity contribution is -0.151. The number of nitrogens with zero attached hydrogens (tertiary/aromatic N) is 1. The molecule has 2 aromatic carbocycles. The van der Waals surface area contributed by atoms with Gasteiger partial charge in [-0.3, -0.25) is 24.6 Å². The third kappa shape index (κ3) is 3.03. The van der Waals surface area contributed by atoms with Gasteiger partial charge in [0, 0.05) is 13.1 Å². The van der Waals surface area contributed by atoms with Gasteiger partial charge in [0.25, 0.3) is 0 Å². The Kier molecular flexibility index (Phi) is 4.98. The zero-order valence-corrected chi connectivity index (χ0v) is 17.3. The number of fused-ring (bicyclic) bond motifs is 1. The van der Waals surface area contributed by atoms with Gasteiger partial charge in [0.15, 0.2) is 0 Å². The second-order valence-corrected chi connectivity index (χ2v) is 8.72. The number of carbonyl (C=O) groups excluding carboxylic acids is 2. The molecule has 0 aromatic heterocycles. The van der Waals surface area contributed by atoms with Crippen molar-refractivity contribution in [1.82, 2.24) is 10.2 Å². The third-order valence-corrected chi connectivity index (χ3v) is 6.36. The molecule has 2 aliphatic heterocycles. The Balaban J connectivity index is 1.75. The van der Waals surface area contributed by atoms with Crippen molar-refractivity contribution in [3.05, 3.63) is 60.2 Å². The van der Waals surface area contributed by atoms with Gasteiger partial charge in [0.2, 0.25) is 11.8 Å². The van der Waals surface area contributed by atoms with Crippen molar-refractivity contribution in [2.75, 3.05) is 7.05 Å². The van der Waals surface area contributed by atoms with Crippen molar-refractivity contribution in [2.45, 2.75) is 31.8 Å². The zero-order chi connectivity index (χ0) is 21.6. The lowest BCUT2D eigenvalue weighted by Gasteiger charge is -2.32. The van der Waals surface area contributed by atoms with Crippen LogP contribution in [0.5, 0.6) is 0 Å². The van der Waals surface area contributed by atoms with E-state index in [1.165, 1.54) is 7.05 Å². The molecule has 6 nitrogen and oxygen atoms in total. The van der Waals surface area contributed by atoms with Gasteiger partial charge in [0.05, 0.1) is 11.8 Å². The molecule has 2 heterocycles. The van der Waals surface area contributed by atoms with Gasteiger partial charge in [-0.05, 0) is 29.0 Å². The Morgan fingerprint density at radius 2 is 1.63 bits per heavy atom. The largest absolute Gasteiger partial charge is 0.480 e. The number of rotatable bonds is 5. The van der Waals surface area contributed by atoms with Crippen LogP contribution in [0, 0.1) is 17.8 Å². The Hall–Kier alpha value is -2.99. The highest BCUT2D eigenvalue weighted by molar-refractivity contribution is 6.09. The Morgan fingerprint density at radius 3 is 2.20 bits per heavy atom. The molecule has 156 valence electrons. The predicted molar refractivity (Wildman–Crippen MR) is 112 cm³/mol. The summed E-state index contributed by atoms with van der Waals surface area (Å²) in [6, 6.07) is 17.2. The van der Waals surface area contributed by atoms with E-state index in [0.717, 1.165) is 21.6 Å². The number of imide groups is 1. The van der Waals surface area contributed by atoms with Crippen LogP contribution in [0.2, 0.25) is 0 Å². The van der Waals surface area contributed by atoms with Crippen molar-refractivity contribution in [1.29, 1.82) is 0 Å². The van der Waals surface area contributed by atoms with E-state index in [1.807, 2.05) is 68.4 Å². The van der Waals surface area contributed by atoms with Gasteiger partial charge in [-0.2, -0.15) is 0 Å². The van der Waals surface area contributed by atoms with Crippen LogP contribution < -0.4 is 5.32 Å². The number of aliphatic carboxylic acids is 1. The van der Waals surface area contributed by atoms with Crippen LogP contribution >= 0.6 is 0 Å². The van der Waals surface area contributed by atoms with Crippen molar-refractivity contribution in [2.24, 2.45) is 17.8 Å². The highest BCUT2D eigenvalue weighted by atomic mass is 16.4. The van der Waals surface area contributed by atoms with Crippen LogP contribution in [0.25, 0.3) is 11.1 Å². The average Bonchev–Trinajstić information content (AvgIpc) is 3.18. The molecule has 2 aromatic rings. The molecule has 2 aliphatic rings. The van der Waals surface area contributed by atoms with Gasteiger partial charge >= 0.3 is 5.97 Å². The second-order valence-electron chi connectivity index (χ2n) is 8.72. The maximum atomic E-state index is 12.9. The van der Waals surface area contributed by atoms with E-state index in [1.54, 1.807) is 0 Å².